The topological polar surface area (TPSA) is 79.9 Å². The lowest BCUT2D eigenvalue weighted by Crippen LogP contribution is -2.12. The molecule has 2 N–H and O–H groups in total. The number of rotatable bonds is 6. The number of ether oxygens (including phenoxy) is 1. The van der Waals surface area contributed by atoms with Crippen molar-refractivity contribution in [3.63, 3.8) is 0 Å². The highest BCUT2D eigenvalue weighted by atomic mass is 32.1. The molecule has 0 aliphatic carbocycles. The fourth-order valence-electron chi connectivity index (χ4n) is 2.64. The number of anilines is 1. The van der Waals surface area contributed by atoms with Crippen LogP contribution in [0.1, 0.15) is 16.1 Å². The fraction of sp³-hybridized carbons (Fsp3) is 0.0500. The van der Waals surface area contributed by atoms with E-state index in [-0.39, 0.29) is 5.91 Å². The summed E-state index contributed by atoms with van der Waals surface area (Å²) >= 11 is 1.49. The molecule has 6 nitrogen and oxygen atoms in total. The zero-order valence-electron chi connectivity index (χ0n) is 14.6. The van der Waals surface area contributed by atoms with Gasteiger partial charge < -0.3 is 10.1 Å². The summed E-state index contributed by atoms with van der Waals surface area (Å²) in [5.74, 6) is -0.194. The Balaban J connectivity index is 1.50. The smallest absolute Gasteiger partial charge is 0.255 e. The number of amides is 1. The van der Waals surface area contributed by atoms with Crippen LogP contribution in [0.5, 0.6) is 5.75 Å². The molecule has 28 heavy (non-hydrogen) atoms. The van der Waals surface area contributed by atoms with E-state index in [0.717, 1.165) is 5.69 Å². The lowest BCUT2D eigenvalue weighted by molar-refractivity contribution is 0.102. The van der Waals surface area contributed by atoms with Gasteiger partial charge in [0.2, 0.25) is 0 Å². The van der Waals surface area contributed by atoms with Crippen molar-refractivity contribution >= 4 is 22.9 Å². The maximum atomic E-state index is 14.1. The molecule has 0 radical (unpaired) electrons. The molecule has 2 aromatic carbocycles. The molecule has 2 heterocycles. The molecular weight excluding hydrogens is 379 g/mol. The van der Waals surface area contributed by atoms with Crippen LogP contribution in [0.2, 0.25) is 0 Å². The minimum atomic E-state index is -0.403. The van der Waals surface area contributed by atoms with Crippen molar-refractivity contribution in [2.45, 2.75) is 6.61 Å². The van der Waals surface area contributed by atoms with Gasteiger partial charge in [-0.3, -0.25) is 9.89 Å². The minimum Gasteiger partial charge on any atom is -0.487 e. The molecule has 140 valence electrons. The largest absolute Gasteiger partial charge is 0.487 e. The van der Waals surface area contributed by atoms with E-state index in [1.165, 1.54) is 23.6 Å². The standard InChI is InChI=1S/C20H15FN4O2S/c21-17-7-2-1-6-16(17)19-18(9-23-25-19)24-20(26)13-4-3-5-15(8-13)27-10-14-11-28-12-22-14/h1-9,11-12H,10H2,(H,23,25)(H,24,26). The zero-order chi connectivity index (χ0) is 19.3. The molecule has 0 unspecified atom stereocenters. The van der Waals surface area contributed by atoms with Gasteiger partial charge in [-0.1, -0.05) is 18.2 Å². The average molecular weight is 394 g/mol. The quantitative estimate of drug-likeness (QED) is 0.504. The first-order valence-corrected chi connectivity index (χ1v) is 9.34. The lowest BCUT2D eigenvalue weighted by Gasteiger charge is -2.09. The molecule has 1 amide bonds. The first kappa shape index (κ1) is 17.9. The van der Waals surface area contributed by atoms with Crippen molar-refractivity contribution in [2.24, 2.45) is 0 Å². The number of carbonyl (C=O) groups excluding carboxylic acids is 1. The second-order valence-electron chi connectivity index (χ2n) is 5.89. The third kappa shape index (κ3) is 3.91. The number of benzene rings is 2. The van der Waals surface area contributed by atoms with E-state index in [1.54, 1.807) is 48.0 Å². The summed E-state index contributed by atoms with van der Waals surface area (Å²) in [6.45, 7) is 0.327. The van der Waals surface area contributed by atoms with Crippen molar-refractivity contribution in [3.8, 4) is 17.0 Å². The summed E-state index contributed by atoms with van der Waals surface area (Å²) < 4.78 is 19.7. The molecule has 0 fully saturated rings. The van der Waals surface area contributed by atoms with Gasteiger partial charge in [0.15, 0.2) is 0 Å². The molecule has 0 aliphatic heterocycles. The molecule has 8 heteroatoms. The van der Waals surface area contributed by atoms with Crippen LogP contribution in [0.3, 0.4) is 0 Å². The van der Waals surface area contributed by atoms with Crippen LogP contribution >= 0.6 is 11.3 Å². The second kappa shape index (κ2) is 8.01. The van der Waals surface area contributed by atoms with Gasteiger partial charge in [-0.15, -0.1) is 11.3 Å². The fourth-order valence-corrected chi connectivity index (χ4v) is 3.18. The van der Waals surface area contributed by atoms with Crippen molar-refractivity contribution in [1.29, 1.82) is 0 Å². The van der Waals surface area contributed by atoms with Crippen LogP contribution in [-0.4, -0.2) is 21.1 Å². The number of hydrogen-bond donors (Lipinski definition) is 2. The third-order valence-electron chi connectivity index (χ3n) is 4.00. The van der Waals surface area contributed by atoms with E-state index in [4.69, 9.17) is 4.74 Å². The second-order valence-corrected chi connectivity index (χ2v) is 6.61. The van der Waals surface area contributed by atoms with Gasteiger partial charge >= 0.3 is 0 Å². The van der Waals surface area contributed by atoms with Crippen LogP contribution in [0, 0.1) is 5.82 Å². The Hall–Kier alpha value is -3.52. The summed E-state index contributed by atoms with van der Waals surface area (Å²) in [6.07, 6.45) is 1.45. The molecule has 0 bridgehead atoms. The number of nitrogens with zero attached hydrogens (tertiary/aromatic N) is 2. The van der Waals surface area contributed by atoms with Gasteiger partial charge in [0.25, 0.3) is 5.91 Å². The Morgan fingerprint density at radius 3 is 2.93 bits per heavy atom. The average Bonchev–Trinajstić information content (AvgIpc) is 3.39. The van der Waals surface area contributed by atoms with Crippen LogP contribution in [-0.2, 0) is 6.61 Å². The van der Waals surface area contributed by atoms with Crippen LogP contribution in [0.15, 0.2) is 65.6 Å². The van der Waals surface area contributed by atoms with Crippen molar-refractivity contribution in [3.05, 3.63) is 82.7 Å². The molecule has 4 rings (SSSR count). The predicted octanol–water partition coefficient (Wildman–Crippen LogP) is 4.50. The van der Waals surface area contributed by atoms with Crippen molar-refractivity contribution in [1.82, 2.24) is 15.2 Å². The van der Waals surface area contributed by atoms with Gasteiger partial charge in [-0.05, 0) is 30.3 Å². The molecular formula is C20H15FN4O2S. The number of aromatic amines is 1. The molecule has 0 spiro atoms. The Labute approximate surface area is 164 Å². The molecule has 0 saturated carbocycles. The number of halogens is 1. The molecule has 2 aromatic heterocycles. The Morgan fingerprint density at radius 1 is 1.21 bits per heavy atom. The number of carbonyl (C=O) groups is 1. The number of aromatic nitrogens is 3. The summed E-state index contributed by atoms with van der Waals surface area (Å²) in [5.41, 5.74) is 4.10. The summed E-state index contributed by atoms with van der Waals surface area (Å²) in [4.78, 5) is 16.8. The molecule has 0 saturated heterocycles. The van der Waals surface area contributed by atoms with Crippen molar-refractivity contribution in [2.75, 3.05) is 5.32 Å². The minimum absolute atomic E-state index is 0.327. The Bertz CT molecular complexity index is 1100. The highest BCUT2D eigenvalue weighted by Gasteiger charge is 2.15. The van der Waals surface area contributed by atoms with Gasteiger partial charge in [0, 0.05) is 16.5 Å². The summed E-state index contributed by atoms with van der Waals surface area (Å²) in [6, 6.07) is 13.1. The number of hydrogen-bond acceptors (Lipinski definition) is 5. The number of thiazole rings is 1. The third-order valence-corrected chi connectivity index (χ3v) is 4.63. The monoisotopic (exact) mass is 394 g/mol. The first-order valence-electron chi connectivity index (χ1n) is 8.40. The van der Waals surface area contributed by atoms with E-state index in [9.17, 15) is 9.18 Å². The maximum absolute atomic E-state index is 14.1. The maximum Gasteiger partial charge on any atom is 0.255 e. The molecule has 0 atom stereocenters. The highest BCUT2D eigenvalue weighted by Crippen LogP contribution is 2.28. The van der Waals surface area contributed by atoms with Gasteiger partial charge in [-0.2, -0.15) is 5.10 Å². The number of H-pyrrole nitrogens is 1. The lowest BCUT2D eigenvalue weighted by atomic mass is 10.1. The van der Waals surface area contributed by atoms with E-state index in [0.29, 0.717) is 34.9 Å². The summed E-state index contributed by atoms with van der Waals surface area (Å²) in [7, 11) is 0. The van der Waals surface area contributed by atoms with E-state index in [2.05, 4.69) is 20.5 Å². The van der Waals surface area contributed by atoms with Crippen LogP contribution in [0.25, 0.3) is 11.3 Å². The van der Waals surface area contributed by atoms with Gasteiger partial charge in [0.1, 0.15) is 18.2 Å². The SMILES string of the molecule is O=C(Nc1cn[nH]c1-c1ccccc1F)c1cccc(OCc2cscn2)c1. The zero-order valence-corrected chi connectivity index (χ0v) is 15.4. The van der Waals surface area contributed by atoms with Crippen LogP contribution < -0.4 is 10.1 Å². The van der Waals surface area contributed by atoms with Gasteiger partial charge in [-0.25, -0.2) is 9.37 Å². The van der Waals surface area contributed by atoms with E-state index in [1.807, 2.05) is 5.38 Å². The first-order chi connectivity index (χ1) is 13.7. The van der Waals surface area contributed by atoms with E-state index >= 15 is 0 Å². The summed E-state index contributed by atoms with van der Waals surface area (Å²) in [5, 5.41) is 11.3. The van der Waals surface area contributed by atoms with Crippen LogP contribution in [0.4, 0.5) is 10.1 Å². The normalized spacial score (nSPS) is 10.6. The number of nitrogens with one attached hydrogen (secondary N) is 2. The molecule has 4 aromatic rings. The van der Waals surface area contributed by atoms with E-state index < -0.39 is 5.82 Å². The van der Waals surface area contributed by atoms with Crippen molar-refractivity contribution < 1.29 is 13.9 Å². The Morgan fingerprint density at radius 2 is 2.11 bits per heavy atom. The highest BCUT2D eigenvalue weighted by molar-refractivity contribution is 7.07. The predicted molar refractivity (Wildman–Crippen MR) is 105 cm³/mol. The molecule has 0 aliphatic rings. The van der Waals surface area contributed by atoms with Gasteiger partial charge in [0.05, 0.1) is 28.8 Å². The Kier molecular flexibility index (Phi) is 5.11.